The summed E-state index contributed by atoms with van der Waals surface area (Å²) in [5.41, 5.74) is 1.21. The van der Waals surface area contributed by atoms with Crippen LogP contribution < -0.4 is 10.6 Å². The molecule has 1 heterocycles. The van der Waals surface area contributed by atoms with Gasteiger partial charge in [0.2, 0.25) is 0 Å². The van der Waals surface area contributed by atoms with E-state index in [1.54, 1.807) is 11.3 Å². The van der Waals surface area contributed by atoms with Crippen molar-refractivity contribution in [2.24, 2.45) is 4.99 Å². The largest absolute Gasteiger partial charge is 0.395 e. The van der Waals surface area contributed by atoms with Gasteiger partial charge in [-0.3, -0.25) is 0 Å². The van der Waals surface area contributed by atoms with Crippen molar-refractivity contribution in [2.45, 2.75) is 13.5 Å². The Kier molecular flexibility index (Phi) is 5.80. The van der Waals surface area contributed by atoms with Crippen LogP contribution in [-0.4, -0.2) is 30.8 Å². The molecular weight excluding hydrogens is 210 g/mol. The van der Waals surface area contributed by atoms with Gasteiger partial charge in [0.05, 0.1) is 13.2 Å². The molecule has 0 aliphatic heterocycles. The van der Waals surface area contributed by atoms with Crippen LogP contribution in [0.25, 0.3) is 0 Å². The molecule has 0 radical (unpaired) electrons. The lowest BCUT2D eigenvalue weighted by Gasteiger charge is -2.09. The van der Waals surface area contributed by atoms with E-state index in [-0.39, 0.29) is 6.61 Å². The van der Waals surface area contributed by atoms with Crippen molar-refractivity contribution in [1.29, 1.82) is 0 Å². The van der Waals surface area contributed by atoms with Gasteiger partial charge in [-0.05, 0) is 29.3 Å². The maximum absolute atomic E-state index is 8.69. The van der Waals surface area contributed by atoms with Gasteiger partial charge in [-0.1, -0.05) is 0 Å². The van der Waals surface area contributed by atoms with E-state index in [9.17, 15) is 0 Å². The van der Waals surface area contributed by atoms with Crippen molar-refractivity contribution in [2.75, 3.05) is 19.7 Å². The molecule has 0 saturated carbocycles. The third-order valence-corrected chi connectivity index (χ3v) is 2.48. The number of rotatable bonds is 5. The predicted octanol–water partition coefficient (Wildman–Crippen LogP) is 0.796. The molecule has 5 heteroatoms. The fourth-order valence-electron chi connectivity index (χ4n) is 1.07. The van der Waals surface area contributed by atoms with Crippen molar-refractivity contribution in [3.8, 4) is 0 Å². The molecule has 1 rings (SSSR count). The Balaban J connectivity index is 2.43. The van der Waals surface area contributed by atoms with Gasteiger partial charge in [-0.15, -0.1) is 0 Å². The Bertz CT molecular complexity index is 285. The van der Waals surface area contributed by atoms with Gasteiger partial charge in [-0.2, -0.15) is 11.3 Å². The normalized spacial score (nSPS) is 11.5. The van der Waals surface area contributed by atoms with Gasteiger partial charge in [0.15, 0.2) is 5.96 Å². The lowest BCUT2D eigenvalue weighted by Crippen LogP contribution is -2.38. The van der Waals surface area contributed by atoms with Crippen molar-refractivity contribution >= 4 is 17.3 Å². The van der Waals surface area contributed by atoms with Gasteiger partial charge in [0.1, 0.15) is 0 Å². The minimum absolute atomic E-state index is 0.114. The van der Waals surface area contributed by atoms with Crippen molar-refractivity contribution < 1.29 is 5.11 Å². The summed E-state index contributed by atoms with van der Waals surface area (Å²) >= 11 is 1.67. The number of hydrogen-bond acceptors (Lipinski definition) is 3. The van der Waals surface area contributed by atoms with Gasteiger partial charge in [0, 0.05) is 13.1 Å². The Labute approximate surface area is 94.1 Å². The number of aliphatic hydroxyl groups is 1. The molecule has 0 saturated heterocycles. The molecule has 0 aliphatic rings. The molecule has 0 aromatic carbocycles. The topological polar surface area (TPSA) is 56.7 Å². The second-order valence-corrected chi connectivity index (χ2v) is 3.76. The molecule has 0 bridgehead atoms. The average Bonchev–Trinajstić information content (AvgIpc) is 2.75. The molecule has 0 atom stereocenters. The number of guanidine groups is 1. The van der Waals surface area contributed by atoms with E-state index in [0.29, 0.717) is 13.1 Å². The monoisotopic (exact) mass is 227 g/mol. The minimum atomic E-state index is 0.114. The smallest absolute Gasteiger partial charge is 0.191 e. The van der Waals surface area contributed by atoms with E-state index in [0.717, 1.165) is 12.5 Å². The zero-order chi connectivity index (χ0) is 10.9. The van der Waals surface area contributed by atoms with Gasteiger partial charge in [0.25, 0.3) is 0 Å². The summed E-state index contributed by atoms with van der Waals surface area (Å²) in [6.45, 7) is 4.14. The highest BCUT2D eigenvalue weighted by molar-refractivity contribution is 7.07. The third kappa shape index (κ3) is 4.80. The molecule has 0 fully saturated rings. The lowest BCUT2D eigenvalue weighted by molar-refractivity contribution is 0.300. The number of aliphatic imine (C=N–C) groups is 1. The average molecular weight is 227 g/mol. The number of thiophene rings is 1. The predicted molar refractivity (Wildman–Crippen MR) is 64.2 cm³/mol. The van der Waals surface area contributed by atoms with Crippen LogP contribution in [0, 0.1) is 0 Å². The summed E-state index contributed by atoms with van der Waals surface area (Å²) in [7, 11) is 0. The first kappa shape index (κ1) is 12.0. The van der Waals surface area contributed by atoms with Crippen molar-refractivity contribution in [3.63, 3.8) is 0 Å². The molecule has 0 aliphatic carbocycles. The van der Waals surface area contributed by atoms with Crippen LogP contribution >= 0.6 is 11.3 Å². The molecular formula is C10H17N3OS. The highest BCUT2D eigenvalue weighted by Crippen LogP contribution is 2.06. The standard InChI is InChI=1S/C10H17N3OS/c1-2-11-10(12-4-5-14)13-7-9-3-6-15-8-9/h3,6,8,14H,2,4-5,7H2,1H3,(H2,11,12,13). The van der Waals surface area contributed by atoms with Gasteiger partial charge in [-0.25, -0.2) is 4.99 Å². The summed E-state index contributed by atoms with van der Waals surface area (Å²) in [6.07, 6.45) is 0. The van der Waals surface area contributed by atoms with Crippen molar-refractivity contribution in [1.82, 2.24) is 10.6 Å². The zero-order valence-corrected chi connectivity index (χ0v) is 9.68. The van der Waals surface area contributed by atoms with E-state index >= 15 is 0 Å². The van der Waals surface area contributed by atoms with Crippen LogP contribution in [0.4, 0.5) is 0 Å². The van der Waals surface area contributed by atoms with Crippen LogP contribution in [0.2, 0.25) is 0 Å². The van der Waals surface area contributed by atoms with Crippen LogP contribution in [0.15, 0.2) is 21.8 Å². The Morgan fingerprint density at radius 1 is 1.53 bits per heavy atom. The van der Waals surface area contributed by atoms with Crippen LogP contribution in [0.5, 0.6) is 0 Å². The molecule has 4 nitrogen and oxygen atoms in total. The van der Waals surface area contributed by atoms with E-state index in [1.807, 2.05) is 12.3 Å². The van der Waals surface area contributed by atoms with Gasteiger partial charge < -0.3 is 15.7 Å². The van der Waals surface area contributed by atoms with E-state index < -0.39 is 0 Å². The summed E-state index contributed by atoms with van der Waals surface area (Å²) < 4.78 is 0. The first-order chi connectivity index (χ1) is 7.36. The van der Waals surface area contributed by atoms with E-state index in [4.69, 9.17) is 5.11 Å². The number of aliphatic hydroxyl groups excluding tert-OH is 1. The fourth-order valence-corrected chi connectivity index (χ4v) is 1.73. The zero-order valence-electron chi connectivity index (χ0n) is 8.86. The second-order valence-electron chi connectivity index (χ2n) is 2.98. The van der Waals surface area contributed by atoms with Crippen molar-refractivity contribution in [3.05, 3.63) is 22.4 Å². The van der Waals surface area contributed by atoms with Crippen LogP contribution in [0.1, 0.15) is 12.5 Å². The van der Waals surface area contributed by atoms with Crippen LogP contribution in [-0.2, 0) is 6.54 Å². The highest BCUT2D eigenvalue weighted by atomic mass is 32.1. The van der Waals surface area contributed by atoms with Gasteiger partial charge >= 0.3 is 0 Å². The minimum Gasteiger partial charge on any atom is -0.395 e. The Hall–Kier alpha value is -1.07. The Morgan fingerprint density at radius 2 is 2.40 bits per heavy atom. The number of hydrogen-bond donors (Lipinski definition) is 3. The second kappa shape index (κ2) is 7.25. The molecule has 0 spiro atoms. The SMILES string of the molecule is CCNC(=NCc1ccsc1)NCCO. The molecule has 0 amide bonds. The quantitative estimate of drug-likeness (QED) is 0.515. The van der Waals surface area contributed by atoms with E-state index in [2.05, 4.69) is 27.1 Å². The maximum Gasteiger partial charge on any atom is 0.191 e. The maximum atomic E-state index is 8.69. The first-order valence-corrected chi connectivity index (χ1v) is 5.95. The highest BCUT2D eigenvalue weighted by Gasteiger charge is 1.96. The summed E-state index contributed by atoms with van der Waals surface area (Å²) in [5.74, 6) is 0.748. The molecule has 3 N–H and O–H groups in total. The molecule has 84 valence electrons. The number of nitrogens with one attached hydrogen (secondary N) is 2. The molecule has 1 aromatic heterocycles. The summed E-state index contributed by atoms with van der Waals surface area (Å²) in [4.78, 5) is 4.38. The summed E-state index contributed by atoms with van der Waals surface area (Å²) in [6, 6.07) is 2.06. The molecule has 15 heavy (non-hydrogen) atoms. The van der Waals surface area contributed by atoms with E-state index in [1.165, 1.54) is 5.56 Å². The lowest BCUT2D eigenvalue weighted by atomic mass is 10.3. The fraction of sp³-hybridized carbons (Fsp3) is 0.500. The number of nitrogens with zero attached hydrogens (tertiary/aromatic N) is 1. The Morgan fingerprint density at radius 3 is 3.00 bits per heavy atom. The molecule has 0 unspecified atom stereocenters. The first-order valence-electron chi connectivity index (χ1n) is 5.01. The summed E-state index contributed by atoms with van der Waals surface area (Å²) in [5, 5.41) is 19.0. The van der Waals surface area contributed by atoms with Crippen LogP contribution in [0.3, 0.4) is 0 Å². The third-order valence-electron chi connectivity index (χ3n) is 1.75. The molecule has 1 aromatic rings.